The molecule has 0 bridgehead atoms. The Balaban J connectivity index is 1.26. The molecule has 3 aromatic rings. The van der Waals surface area contributed by atoms with E-state index >= 15 is 0 Å². The molecule has 1 atom stereocenters. The SMILES string of the molecule is CN1CCN(CC2CCCN2C(=O)c2ccc(N/C=C(\N=N)c3cc4cc(F)ccc4[nH]c3=O)cc2)CC1. The van der Waals surface area contributed by atoms with Gasteiger partial charge in [-0.1, -0.05) is 0 Å². The molecule has 1 amide bonds. The number of carbonyl (C=O) groups is 1. The van der Waals surface area contributed by atoms with Crippen molar-refractivity contribution >= 4 is 28.2 Å². The zero-order valence-electron chi connectivity index (χ0n) is 21.4. The van der Waals surface area contributed by atoms with Crippen molar-refractivity contribution < 1.29 is 9.18 Å². The molecule has 0 spiro atoms. The van der Waals surface area contributed by atoms with E-state index in [0.717, 1.165) is 52.1 Å². The molecule has 3 N–H and O–H groups in total. The fraction of sp³-hybridized carbons (Fsp3) is 0.357. The van der Waals surface area contributed by atoms with Crippen molar-refractivity contribution in [2.75, 3.05) is 51.6 Å². The van der Waals surface area contributed by atoms with Crippen molar-refractivity contribution in [3.63, 3.8) is 0 Å². The smallest absolute Gasteiger partial charge is 0.258 e. The number of likely N-dealkylation sites (N-methyl/N-ethyl adjacent to an activating group) is 1. The van der Waals surface area contributed by atoms with E-state index in [-0.39, 0.29) is 23.2 Å². The van der Waals surface area contributed by atoms with Crippen LogP contribution < -0.4 is 10.9 Å². The topological polar surface area (TPSA) is 108 Å². The van der Waals surface area contributed by atoms with Crippen LogP contribution in [0.25, 0.3) is 16.6 Å². The second-order valence-electron chi connectivity index (χ2n) is 10.0. The van der Waals surface area contributed by atoms with Gasteiger partial charge in [-0.25, -0.2) is 9.92 Å². The number of anilines is 1. The van der Waals surface area contributed by atoms with Gasteiger partial charge in [-0.05, 0) is 68.4 Å². The van der Waals surface area contributed by atoms with Crippen molar-refractivity contribution in [2.45, 2.75) is 18.9 Å². The van der Waals surface area contributed by atoms with Gasteiger partial charge in [0, 0.05) is 73.7 Å². The minimum atomic E-state index is -0.425. The molecule has 0 saturated carbocycles. The molecule has 5 rings (SSSR count). The lowest BCUT2D eigenvalue weighted by Crippen LogP contribution is -2.50. The lowest BCUT2D eigenvalue weighted by atomic mass is 10.1. The number of nitrogens with one attached hydrogen (secondary N) is 3. The Kier molecular flexibility index (Phi) is 7.62. The molecule has 198 valence electrons. The van der Waals surface area contributed by atoms with Gasteiger partial charge in [-0.2, -0.15) is 5.11 Å². The lowest BCUT2D eigenvalue weighted by molar-refractivity contribution is 0.0667. The summed E-state index contributed by atoms with van der Waals surface area (Å²) < 4.78 is 13.6. The van der Waals surface area contributed by atoms with Gasteiger partial charge in [0.1, 0.15) is 11.5 Å². The van der Waals surface area contributed by atoms with Crippen LogP contribution in [0.2, 0.25) is 0 Å². The van der Waals surface area contributed by atoms with E-state index in [2.05, 4.69) is 32.3 Å². The van der Waals surface area contributed by atoms with Gasteiger partial charge in [-0.15, -0.1) is 0 Å². The van der Waals surface area contributed by atoms with E-state index in [1.54, 1.807) is 24.3 Å². The van der Waals surface area contributed by atoms with E-state index in [0.29, 0.717) is 22.2 Å². The van der Waals surface area contributed by atoms with Gasteiger partial charge in [-0.3, -0.25) is 14.5 Å². The van der Waals surface area contributed by atoms with E-state index in [9.17, 15) is 14.0 Å². The summed E-state index contributed by atoms with van der Waals surface area (Å²) in [5, 5.41) is 7.04. The average Bonchev–Trinajstić information content (AvgIpc) is 3.38. The summed E-state index contributed by atoms with van der Waals surface area (Å²) in [5.41, 5.74) is 9.19. The molecule has 2 aliphatic heterocycles. The zero-order valence-corrected chi connectivity index (χ0v) is 21.4. The van der Waals surface area contributed by atoms with Crippen molar-refractivity contribution in [2.24, 2.45) is 5.11 Å². The third-order valence-electron chi connectivity index (χ3n) is 7.41. The van der Waals surface area contributed by atoms with Crippen LogP contribution in [-0.2, 0) is 0 Å². The van der Waals surface area contributed by atoms with Crippen LogP contribution in [0, 0.1) is 11.3 Å². The first-order valence-corrected chi connectivity index (χ1v) is 12.9. The summed E-state index contributed by atoms with van der Waals surface area (Å²) >= 11 is 0. The summed E-state index contributed by atoms with van der Waals surface area (Å²) in [6, 6.07) is 13.0. The Morgan fingerprint density at radius 2 is 1.89 bits per heavy atom. The highest BCUT2D eigenvalue weighted by Crippen LogP contribution is 2.23. The molecule has 1 unspecified atom stereocenters. The van der Waals surface area contributed by atoms with E-state index < -0.39 is 11.4 Å². The van der Waals surface area contributed by atoms with Gasteiger partial charge < -0.3 is 20.1 Å². The standard InChI is InChI=1S/C28H32FN7O2/c1-34-11-13-35(14-12-34)18-23-3-2-10-36(23)28(38)19-4-7-22(8-5-19)31-17-26(33-30)24-16-20-15-21(29)6-9-25(20)32-27(24)37/h4-9,15-17,23,30-31H,2-3,10-14,18H2,1H3,(H,32,37)/b26-17-,33-30?. The Hall–Kier alpha value is -3.89. The highest BCUT2D eigenvalue weighted by atomic mass is 19.1. The molecular weight excluding hydrogens is 485 g/mol. The Labute approximate surface area is 220 Å². The quantitative estimate of drug-likeness (QED) is 0.411. The Bertz CT molecular complexity index is 1410. The number of halogens is 1. The number of hydrogen-bond acceptors (Lipinski definition) is 7. The summed E-state index contributed by atoms with van der Waals surface area (Å²) in [4.78, 5) is 35.3. The van der Waals surface area contributed by atoms with E-state index in [1.807, 2.05) is 4.90 Å². The molecule has 0 aliphatic carbocycles. The molecule has 9 nitrogen and oxygen atoms in total. The second-order valence-corrected chi connectivity index (χ2v) is 10.0. The van der Waals surface area contributed by atoms with Crippen molar-refractivity contribution in [1.82, 2.24) is 19.7 Å². The number of hydrogen-bond donors (Lipinski definition) is 3. The minimum absolute atomic E-state index is 0.0421. The summed E-state index contributed by atoms with van der Waals surface area (Å²) in [6.07, 6.45) is 3.50. The van der Waals surface area contributed by atoms with Crippen molar-refractivity contribution in [3.8, 4) is 0 Å². The molecule has 38 heavy (non-hydrogen) atoms. The molecule has 0 radical (unpaired) electrons. The summed E-state index contributed by atoms with van der Waals surface area (Å²) in [6.45, 7) is 5.90. The first kappa shape index (κ1) is 25.7. The van der Waals surface area contributed by atoms with Crippen LogP contribution in [0.1, 0.15) is 28.8 Å². The van der Waals surface area contributed by atoms with Crippen LogP contribution in [0.5, 0.6) is 0 Å². The number of nitrogens with zero attached hydrogens (tertiary/aromatic N) is 4. The summed E-state index contributed by atoms with van der Waals surface area (Å²) in [7, 11) is 2.14. The molecule has 1 aromatic heterocycles. The monoisotopic (exact) mass is 517 g/mol. The normalized spacial score (nSPS) is 19.2. The third-order valence-corrected chi connectivity index (χ3v) is 7.41. The number of likely N-dealkylation sites (tertiary alicyclic amines) is 1. The molecule has 2 fully saturated rings. The van der Waals surface area contributed by atoms with Crippen LogP contribution in [0.4, 0.5) is 10.1 Å². The van der Waals surface area contributed by atoms with Gasteiger partial charge in [0.05, 0.1) is 5.56 Å². The molecule has 10 heteroatoms. The largest absolute Gasteiger partial charge is 0.360 e. The number of aromatic amines is 1. The third kappa shape index (κ3) is 5.66. The molecule has 2 saturated heterocycles. The lowest BCUT2D eigenvalue weighted by Gasteiger charge is -2.36. The van der Waals surface area contributed by atoms with Crippen LogP contribution in [0.3, 0.4) is 0 Å². The van der Waals surface area contributed by atoms with E-state index in [1.165, 1.54) is 30.5 Å². The van der Waals surface area contributed by atoms with Crippen LogP contribution in [0.15, 0.2) is 64.6 Å². The van der Waals surface area contributed by atoms with Crippen molar-refractivity contribution in [3.05, 3.63) is 82.0 Å². The van der Waals surface area contributed by atoms with Crippen LogP contribution >= 0.6 is 0 Å². The molecule has 2 aromatic carbocycles. The molecular formula is C28H32FN7O2. The highest BCUT2D eigenvalue weighted by Gasteiger charge is 2.31. The number of amides is 1. The number of fused-ring (bicyclic) bond motifs is 1. The number of pyridine rings is 1. The minimum Gasteiger partial charge on any atom is -0.360 e. The number of rotatable bonds is 7. The maximum absolute atomic E-state index is 13.6. The van der Waals surface area contributed by atoms with Gasteiger partial charge in [0.25, 0.3) is 11.5 Å². The van der Waals surface area contributed by atoms with Crippen molar-refractivity contribution in [1.29, 1.82) is 5.53 Å². The maximum atomic E-state index is 13.6. The van der Waals surface area contributed by atoms with E-state index in [4.69, 9.17) is 5.53 Å². The number of H-pyrrole nitrogens is 1. The predicted molar refractivity (Wildman–Crippen MR) is 146 cm³/mol. The molecule has 3 heterocycles. The Morgan fingerprint density at radius 1 is 1.13 bits per heavy atom. The average molecular weight is 518 g/mol. The number of aromatic nitrogens is 1. The number of carbonyl (C=O) groups excluding carboxylic acids is 1. The number of benzene rings is 2. The number of piperazine rings is 1. The first-order chi connectivity index (χ1) is 18.4. The second kappa shape index (κ2) is 11.2. The first-order valence-electron chi connectivity index (χ1n) is 12.9. The van der Waals surface area contributed by atoms with Crippen LogP contribution in [-0.4, -0.2) is 77.9 Å². The Morgan fingerprint density at radius 3 is 2.63 bits per heavy atom. The fourth-order valence-electron chi connectivity index (χ4n) is 5.19. The zero-order chi connectivity index (χ0) is 26.6. The van der Waals surface area contributed by atoms with Gasteiger partial charge in [0.2, 0.25) is 0 Å². The fourth-order valence-corrected chi connectivity index (χ4v) is 5.19. The van der Waals surface area contributed by atoms with Gasteiger partial charge in [0.15, 0.2) is 0 Å². The summed E-state index contributed by atoms with van der Waals surface area (Å²) in [5.74, 6) is -0.378. The highest BCUT2D eigenvalue weighted by molar-refractivity contribution is 5.95. The molecule has 2 aliphatic rings. The predicted octanol–water partition coefficient (Wildman–Crippen LogP) is 3.96. The van der Waals surface area contributed by atoms with Gasteiger partial charge >= 0.3 is 0 Å². The maximum Gasteiger partial charge on any atom is 0.258 e.